The van der Waals surface area contributed by atoms with Crippen LogP contribution < -0.4 is 15.7 Å². The van der Waals surface area contributed by atoms with Crippen molar-refractivity contribution in [1.82, 2.24) is 10.2 Å². The molecule has 0 bridgehead atoms. The Kier molecular flexibility index (Phi) is 7.42. The maximum Gasteiger partial charge on any atom is 0.261 e. The lowest BCUT2D eigenvalue weighted by molar-refractivity contribution is -0.128. The summed E-state index contributed by atoms with van der Waals surface area (Å²) in [4.78, 5) is 15.8. The van der Waals surface area contributed by atoms with Crippen LogP contribution in [-0.2, 0) is 9.22 Å². The molecule has 1 aliphatic heterocycles. The summed E-state index contributed by atoms with van der Waals surface area (Å²) in [5.74, 6) is 0.135. The number of rotatable bonds is 6. The average molecular weight is 465 g/mol. The monoisotopic (exact) mass is 464 g/mol. The molecule has 2 atom stereocenters. The van der Waals surface area contributed by atoms with E-state index < -0.39 is 8.32 Å². The zero-order valence-corrected chi connectivity index (χ0v) is 21.7. The first-order valence-electron chi connectivity index (χ1n) is 12.6. The van der Waals surface area contributed by atoms with E-state index in [-0.39, 0.29) is 23.0 Å². The molecule has 1 heterocycles. The van der Waals surface area contributed by atoms with Gasteiger partial charge in [-0.2, -0.15) is 0 Å². The standard InChI is InChI=1S/C28H40N2O2Si/c1-28(2,3)33(23-12-7-5-8-13-23,24-14-9-6-10-15-24)32-26-17-11-16-25(26)27(31)29-22-18-20-30(4)21-19-22/h5-10,12-15,22,25-26H,11,16-21H2,1-4H3,(H,29,31). The summed E-state index contributed by atoms with van der Waals surface area (Å²) in [5, 5.41) is 5.87. The van der Waals surface area contributed by atoms with Gasteiger partial charge in [0.2, 0.25) is 5.91 Å². The van der Waals surface area contributed by atoms with E-state index >= 15 is 0 Å². The minimum absolute atomic E-state index is 0.0393. The van der Waals surface area contributed by atoms with E-state index in [1.54, 1.807) is 0 Å². The Hall–Kier alpha value is -1.95. The number of nitrogens with one attached hydrogen (secondary N) is 1. The SMILES string of the molecule is CN1CCC(NC(=O)C2CCCC2O[Si](c2ccccc2)(c2ccccc2)C(C)(C)C)CC1. The second-order valence-corrected chi connectivity index (χ2v) is 15.2. The molecular formula is C28H40N2O2Si. The molecule has 33 heavy (non-hydrogen) atoms. The predicted octanol–water partition coefficient (Wildman–Crippen LogP) is 3.94. The highest BCUT2D eigenvalue weighted by Crippen LogP contribution is 2.41. The van der Waals surface area contributed by atoms with Crippen molar-refractivity contribution in [1.29, 1.82) is 0 Å². The van der Waals surface area contributed by atoms with E-state index in [1.165, 1.54) is 10.4 Å². The summed E-state index contributed by atoms with van der Waals surface area (Å²) in [5.41, 5.74) is 0. The van der Waals surface area contributed by atoms with E-state index in [2.05, 4.69) is 98.7 Å². The molecule has 2 fully saturated rings. The van der Waals surface area contributed by atoms with Crippen molar-refractivity contribution in [2.75, 3.05) is 20.1 Å². The molecule has 5 heteroatoms. The zero-order chi connectivity index (χ0) is 23.5. The Morgan fingerprint density at radius 2 is 1.45 bits per heavy atom. The fraction of sp³-hybridized carbons (Fsp3) is 0.536. The van der Waals surface area contributed by atoms with Crippen LogP contribution in [-0.4, -0.2) is 51.4 Å². The Labute approximate surface area is 200 Å². The van der Waals surface area contributed by atoms with Crippen molar-refractivity contribution in [3.8, 4) is 0 Å². The van der Waals surface area contributed by atoms with E-state index in [4.69, 9.17) is 4.43 Å². The van der Waals surface area contributed by atoms with Crippen molar-refractivity contribution < 1.29 is 9.22 Å². The summed E-state index contributed by atoms with van der Waals surface area (Å²) in [7, 11) is -0.495. The molecule has 2 unspecified atom stereocenters. The van der Waals surface area contributed by atoms with E-state index in [1.807, 2.05) is 0 Å². The molecule has 1 N–H and O–H groups in total. The van der Waals surface area contributed by atoms with Gasteiger partial charge in [0, 0.05) is 6.04 Å². The topological polar surface area (TPSA) is 41.6 Å². The summed E-state index contributed by atoms with van der Waals surface area (Å²) >= 11 is 0. The van der Waals surface area contributed by atoms with Crippen molar-refractivity contribution >= 4 is 24.6 Å². The molecule has 2 aromatic carbocycles. The van der Waals surface area contributed by atoms with Crippen LogP contribution in [0.3, 0.4) is 0 Å². The number of hydrogen-bond donors (Lipinski definition) is 1. The number of hydrogen-bond acceptors (Lipinski definition) is 3. The number of amides is 1. The molecule has 2 aliphatic rings. The molecule has 0 radical (unpaired) electrons. The number of likely N-dealkylation sites (tertiary alicyclic amines) is 1. The van der Waals surface area contributed by atoms with Crippen molar-refractivity contribution in [2.45, 2.75) is 70.1 Å². The van der Waals surface area contributed by atoms with E-state index in [0.29, 0.717) is 6.04 Å². The number of nitrogens with zero attached hydrogens (tertiary/aromatic N) is 1. The first-order valence-corrected chi connectivity index (χ1v) is 14.5. The Bertz CT molecular complexity index is 865. The highest BCUT2D eigenvalue weighted by atomic mass is 28.4. The predicted molar refractivity (Wildman–Crippen MR) is 138 cm³/mol. The molecule has 178 valence electrons. The second kappa shape index (κ2) is 10.1. The molecule has 1 saturated heterocycles. The Morgan fingerprint density at radius 3 is 1.97 bits per heavy atom. The lowest BCUT2D eigenvalue weighted by atomic mass is 10.0. The lowest BCUT2D eigenvalue weighted by Crippen LogP contribution is -2.68. The molecule has 0 aromatic heterocycles. The van der Waals surface area contributed by atoms with E-state index in [0.717, 1.165) is 45.2 Å². The smallest absolute Gasteiger partial charge is 0.261 e. The van der Waals surface area contributed by atoms with Gasteiger partial charge in [0.25, 0.3) is 8.32 Å². The maximum absolute atomic E-state index is 13.4. The van der Waals surface area contributed by atoms with Gasteiger partial charge in [0.15, 0.2) is 0 Å². The molecule has 1 saturated carbocycles. The van der Waals surface area contributed by atoms with Crippen molar-refractivity contribution in [3.63, 3.8) is 0 Å². The molecule has 2 aromatic rings. The van der Waals surface area contributed by atoms with E-state index in [9.17, 15) is 4.79 Å². The van der Waals surface area contributed by atoms with Gasteiger partial charge in [0.1, 0.15) is 0 Å². The third kappa shape index (κ3) is 5.10. The number of benzene rings is 2. The van der Waals surface area contributed by atoms with Gasteiger partial charge in [-0.15, -0.1) is 0 Å². The molecule has 0 spiro atoms. The molecule has 1 aliphatic carbocycles. The molecule has 1 amide bonds. The lowest BCUT2D eigenvalue weighted by Gasteiger charge is -2.45. The summed E-state index contributed by atoms with van der Waals surface area (Å²) in [6.07, 6.45) is 4.96. The van der Waals surface area contributed by atoms with Gasteiger partial charge in [-0.1, -0.05) is 87.9 Å². The van der Waals surface area contributed by atoms with Crippen LogP contribution in [0.15, 0.2) is 60.7 Å². The minimum atomic E-state index is -2.65. The molecular weight excluding hydrogens is 424 g/mol. The zero-order valence-electron chi connectivity index (χ0n) is 20.7. The number of carbonyl (C=O) groups excluding carboxylic acids is 1. The maximum atomic E-state index is 13.4. The Balaban J connectivity index is 1.64. The third-order valence-electron chi connectivity index (χ3n) is 7.60. The second-order valence-electron chi connectivity index (χ2n) is 10.9. The first-order chi connectivity index (χ1) is 15.8. The van der Waals surface area contributed by atoms with Crippen LogP contribution in [0.5, 0.6) is 0 Å². The van der Waals surface area contributed by atoms with Crippen LogP contribution in [0.1, 0.15) is 52.9 Å². The van der Waals surface area contributed by atoms with Crippen LogP contribution in [0.4, 0.5) is 0 Å². The summed E-state index contributed by atoms with van der Waals surface area (Å²) in [6, 6.07) is 21.8. The van der Waals surface area contributed by atoms with Gasteiger partial charge in [0.05, 0.1) is 12.0 Å². The molecule has 4 nitrogen and oxygen atoms in total. The highest BCUT2D eigenvalue weighted by Gasteiger charge is 2.53. The average Bonchev–Trinajstić information content (AvgIpc) is 3.27. The first kappa shape index (κ1) is 24.2. The quantitative estimate of drug-likeness (QED) is 0.659. The fourth-order valence-corrected chi connectivity index (χ4v) is 10.5. The van der Waals surface area contributed by atoms with Crippen molar-refractivity contribution in [2.24, 2.45) is 5.92 Å². The van der Waals surface area contributed by atoms with Crippen LogP contribution >= 0.6 is 0 Å². The number of carbonyl (C=O) groups is 1. The summed E-state index contributed by atoms with van der Waals surface area (Å²) in [6.45, 7) is 9.03. The van der Waals surface area contributed by atoms with Crippen LogP contribution in [0, 0.1) is 5.92 Å². The van der Waals surface area contributed by atoms with Gasteiger partial charge < -0.3 is 14.6 Å². The van der Waals surface area contributed by atoms with Crippen LogP contribution in [0.2, 0.25) is 5.04 Å². The van der Waals surface area contributed by atoms with Gasteiger partial charge in [-0.25, -0.2) is 0 Å². The minimum Gasteiger partial charge on any atom is -0.404 e. The van der Waals surface area contributed by atoms with Gasteiger partial charge >= 0.3 is 0 Å². The highest BCUT2D eigenvalue weighted by molar-refractivity contribution is 6.99. The largest absolute Gasteiger partial charge is 0.404 e. The fourth-order valence-electron chi connectivity index (χ4n) is 5.75. The third-order valence-corrected chi connectivity index (χ3v) is 12.7. The molecule has 4 rings (SSSR count). The van der Waals surface area contributed by atoms with Crippen molar-refractivity contribution in [3.05, 3.63) is 60.7 Å². The summed E-state index contributed by atoms with van der Waals surface area (Å²) < 4.78 is 7.35. The van der Waals surface area contributed by atoms with Gasteiger partial charge in [-0.3, -0.25) is 4.79 Å². The number of piperidine rings is 1. The van der Waals surface area contributed by atoms with Crippen LogP contribution in [0.25, 0.3) is 0 Å². The van der Waals surface area contributed by atoms with Gasteiger partial charge in [-0.05, 0) is 61.2 Å². The Morgan fingerprint density at radius 1 is 0.909 bits per heavy atom. The normalized spacial score (nSPS) is 22.9.